The van der Waals surface area contributed by atoms with Gasteiger partial charge in [0, 0.05) is 12.7 Å². The van der Waals surface area contributed by atoms with Gasteiger partial charge in [-0.15, -0.1) is 0 Å². The SMILES string of the molecule is C=C(CN)c1cnc(C)cn1. The van der Waals surface area contributed by atoms with Crippen molar-refractivity contribution < 1.29 is 0 Å². The van der Waals surface area contributed by atoms with Crippen LogP contribution in [0.15, 0.2) is 19.0 Å². The second kappa shape index (κ2) is 3.25. The Morgan fingerprint density at radius 2 is 2.27 bits per heavy atom. The van der Waals surface area contributed by atoms with Gasteiger partial charge in [-0.1, -0.05) is 6.58 Å². The zero-order chi connectivity index (χ0) is 8.27. The van der Waals surface area contributed by atoms with Crippen molar-refractivity contribution in [3.05, 3.63) is 30.4 Å². The highest BCUT2D eigenvalue weighted by molar-refractivity contribution is 5.60. The maximum absolute atomic E-state index is 5.37. The van der Waals surface area contributed by atoms with Gasteiger partial charge in [-0.3, -0.25) is 9.97 Å². The van der Waals surface area contributed by atoms with Gasteiger partial charge in [-0.05, 0) is 12.5 Å². The summed E-state index contributed by atoms with van der Waals surface area (Å²) in [7, 11) is 0. The predicted octanol–water partition coefficient (Wildman–Crippen LogP) is 0.757. The minimum absolute atomic E-state index is 0.428. The van der Waals surface area contributed by atoms with E-state index in [1.807, 2.05) is 6.92 Å². The minimum atomic E-state index is 0.428. The summed E-state index contributed by atoms with van der Waals surface area (Å²) < 4.78 is 0. The van der Waals surface area contributed by atoms with Crippen molar-refractivity contribution in [2.75, 3.05) is 6.54 Å². The molecule has 0 aliphatic rings. The second-order valence-electron chi connectivity index (χ2n) is 2.35. The molecule has 0 atom stereocenters. The molecule has 3 nitrogen and oxygen atoms in total. The van der Waals surface area contributed by atoms with Crippen molar-refractivity contribution in [1.82, 2.24) is 9.97 Å². The summed E-state index contributed by atoms with van der Waals surface area (Å²) in [5.41, 5.74) is 7.87. The highest BCUT2D eigenvalue weighted by atomic mass is 14.8. The van der Waals surface area contributed by atoms with Gasteiger partial charge in [0.05, 0.1) is 17.6 Å². The van der Waals surface area contributed by atoms with E-state index in [1.165, 1.54) is 0 Å². The lowest BCUT2D eigenvalue weighted by atomic mass is 10.2. The normalized spacial score (nSPS) is 9.64. The molecule has 0 fully saturated rings. The molecule has 0 bridgehead atoms. The number of nitrogens with two attached hydrogens (primary N) is 1. The zero-order valence-corrected chi connectivity index (χ0v) is 6.54. The molecule has 0 saturated heterocycles. The molecular formula is C8H11N3. The van der Waals surface area contributed by atoms with Crippen molar-refractivity contribution >= 4 is 5.57 Å². The van der Waals surface area contributed by atoms with Crippen LogP contribution in [0.5, 0.6) is 0 Å². The number of nitrogens with zero attached hydrogens (tertiary/aromatic N) is 2. The summed E-state index contributed by atoms with van der Waals surface area (Å²) >= 11 is 0. The maximum Gasteiger partial charge on any atom is 0.0852 e. The molecule has 1 heterocycles. The van der Waals surface area contributed by atoms with E-state index in [0.29, 0.717) is 6.54 Å². The summed E-state index contributed by atoms with van der Waals surface area (Å²) in [6.45, 7) is 6.06. The first-order valence-electron chi connectivity index (χ1n) is 3.41. The molecule has 0 spiro atoms. The van der Waals surface area contributed by atoms with E-state index in [0.717, 1.165) is 17.0 Å². The molecule has 1 aromatic heterocycles. The van der Waals surface area contributed by atoms with Crippen LogP contribution in [0.2, 0.25) is 0 Å². The van der Waals surface area contributed by atoms with Gasteiger partial charge in [0.2, 0.25) is 0 Å². The van der Waals surface area contributed by atoms with Crippen molar-refractivity contribution in [2.24, 2.45) is 5.73 Å². The summed E-state index contributed by atoms with van der Waals surface area (Å²) in [6.07, 6.45) is 3.39. The lowest BCUT2D eigenvalue weighted by molar-refractivity contribution is 1.08. The van der Waals surface area contributed by atoms with Crippen LogP contribution in [0.4, 0.5) is 0 Å². The minimum Gasteiger partial charge on any atom is -0.326 e. The number of rotatable bonds is 2. The highest BCUT2D eigenvalue weighted by Gasteiger charge is 1.96. The van der Waals surface area contributed by atoms with Crippen LogP contribution in [0.25, 0.3) is 5.57 Å². The summed E-state index contributed by atoms with van der Waals surface area (Å²) in [4.78, 5) is 8.18. The van der Waals surface area contributed by atoms with Crippen LogP contribution < -0.4 is 5.73 Å². The maximum atomic E-state index is 5.37. The monoisotopic (exact) mass is 149 g/mol. The molecule has 2 N–H and O–H groups in total. The van der Waals surface area contributed by atoms with Gasteiger partial charge >= 0.3 is 0 Å². The van der Waals surface area contributed by atoms with E-state index in [-0.39, 0.29) is 0 Å². The topological polar surface area (TPSA) is 51.8 Å². The number of hydrogen-bond donors (Lipinski definition) is 1. The Balaban J connectivity index is 2.90. The lowest BCUT2D eigenvalue weighted by Crippen LogP contribution is -2.03. The molecular weight excluding hydrogens is 138 g/mol. The molecule has 0 radical (unpaired) electrons. The lowest BCUT2D eigenvalue weighted by Gasteiger charge is -1.99. The molecule has 0 unspecified atom stereocenters. The highest BCUT2D eigenvalue weighted by Crippen LogP contribution is 2.04. The van der Waals surface area contributed by atoms with Crippen LogP contribution in [-0.2, 0) is 0 Å². The Hall–Kier alpha value is -1.22. The number of aromatic nitrogens is 2. The quantitative estimate of drug-likeness (QED) is 0.675. The standard InChI is InChI=1S/C8H11N3/c1-6(3-9)8-5-10-7(2)4-11-8/h4-5H,1,3,9H2,2H3. The molecule has 1 rings (SSSR count). The Labute approximate surface area is 66.0 Å². The van der Waals surface area contributed by atoms with Crippen LogP contribution in [0, 0.1) is 6.92 Å². The molecule has 0 saturated carbocycles. The average molecular weight is 149 g/mol. The summed E-state index contributed by atoms with van der Waals surface area (Å²) in [6, 6.07) is 0. The third-order valence-electron chi connectivity index (χ3n) is 1.39. The first kappa shape index (κ1) is 7.88. The molecule has 3 heteroatoms. The first-order chi connectivity index (χ1) is 5.24. The fourth-order valence-corrected chi connectivity index (χ4v) is 0.680. The predicted molar refractivity (Wildman–Crippen MR) is 44.9 cm³/mol. The van der Waals surface area contributed by atoms with E-state index >= 15 is 0 Å². The van der Waals surface area contributed by atoms with Gasteiger partial charge in [-0.25, -0.2) is 0 Å². The number of hydrogen-bond acceptors (Lipinski definition) is 3. The van der Waals surface area contributed by atoms with E-state index in [9.17, 15) is 0 Å². The fraction of sp³-hybridized carbons (Fsp3) is 0.250. The van der Waals surface area contributed by atoms with Gasteiger partial charge in [0.1, 0.15) is 0 Å². The molecule has 11 heavy (non-hydrogen) atoms. The van der Waals surface area contributed by atoms with E-state index < -0.39 is 0 Å². The Kier molecular flexibility index (Phi) is 2.33. The van der Waals surface area contributed by atoms with E-state index in [1.54, 1.807) is 12.4 Å². The summed E-state index contributed by atoms with van der Waals surface area (Å²) in [5, 5.41) is 0. The van der Waals surface area contributed by atoms with Crippen LogP contribution in [0.3, 0.4) is 0 Å². The molecule has 0 aliphatic carbocycles. The van der Waals surface area contributed by atoms with Crippen LogP contribution in [0.1, 0.15) is 11.4 Å². The third-order valence-corrected chi connectivity index (χ3v) is 1.39. The zero-order valence-electron chi connectivity index (χ0n) is 6.54. The average Bonchev–Trinajstić information content (AvgIpc) is 2.05. The summed E-state index contributed by atoms with van der Waals surface area (Å²) in [5.74, 6) is 0. The molecule has 0 aromatic carbocycles. The second-order valence-corrected chi connectivity index (χ2v) is 2.35. The Bertz CT molecular complexity index is 251. The van der Waals surface area contributed by atoms with Crippen LogP contribution >= 0.6 is 0 Å². The third kappa shape index (κ3) is 1.85. The Morgan fingerprint density at radius 1 is 1.55 bits per heavy atom. The van der Waals surface area contributed by atoms with Gasteiger partial charge in [0.15, 0.2) is 0 Å². The van der Waals surface area contributed by atoms with Gasteiger partial charge < -0.3 is 5.73 Å². The van der Waals surface area contributed by atoms with Gasteiger partial charge in [0.25, 0.3) is 0 Å². The van der Waals surface area contributed by atoms with Crippen molar-refractivity contribution in [2.45, 2.75) is 6.92 Å². The molecule has 1 aromatic rings. The Morgan fingerprint density at radius 3 is 2.73 bits per heavy atom. The largest absolute Gasteiger partial charge is 0.326 e. The molecule has 0 amide bonds. The van der Waals surface area contributed by atoms with E-state index in [4.69, 9.17) is 5.73 Å². The van der Waals surface area contributed by atoms with Crippen LogP contribution in [-0.4, -0.2) is 16.5 Å². The van der Waals surface area contributed by atoms with E-state index in [2.05, 4.69) is 16.5 Å². The molecule has 0 aliphatic heterocycles. The van der Waals surface area contributed by atoms with Crippen molar-refractivity contribution in [3.63, 3.8) is 0 Å². The fourth-order valence-electron chi connectivity index (χ4n) is 0.680. The smallest absolute Gasteiger partial charge is 0.0852 e. The van der Waals surface area contributed by atoms with Crippen molar-refractivity contribution in [3.8, 4) is 0 Å². The number of aryl methyl sites for hydroxylation is 1. The van der Waals surface area contributed by atoms with Crippen molar-refractivity contribution in [1.29, 1.82) is 0 Å². The first-order valence-corrected chi connectivity index (χ1v) is 3.41. The van der Waals surface area contributed by atoms with Gasteiger partial charge in [-0.2, -0.15) is 0 Å². The molecule has 58 valence electrons.